The maximum Gasteiger partial charge on any atom is 0.193 e. The van der Waals surface area contributed by atoms with Crippen molar-refractivity contribution in [2.24, 2.45) is 0 Å². The number of hydrogen-bond acceptors (Lipinski definition) is 4. The highest BCUT2D eigenvalue weighted by Gasteiger charge is 2.08. The molecule has 0 saturated heterocycles. The number of ketones is 1. The number of carbonyl (C=O) groups excluding carboxylic acids is 1. The number of nitrogens with zero attached hydrogens (tertiary/aromatic N) is 1. The van der Waals surface area contributed by atoms with Crippen molar-refractivity contribution in [2.75, 3.05) is 13.2 Å². The first-order valence-electron chi connectivity index (χ1n) is 8.22. The Morgan fingerprint density at radius 2 is 1.42 bits per heavy atom. The molecule has 0 aromatic heterocycles. The Morgan fingerprint density at radius 1 is 0.769 bits per heavy atom. The Hall–Kier alpha value is -3.58. The molecule has 0 radical (unpaired) electrons. The minimum atomic E-state index is -0.0159. The summed E-state index contributed by atoms with van der Waals surface area (Å²) in [6.07, 6.45) is 0. The average molecular weight is 343 g/mol. The van der Waals surface area contributed by atoms with E-state index in [2.05, 4.69) is 6.07 Å². The lowest BCUT2D eigenvalue weighted by atomic mass is 10.0. The first kappa shape index (κ1) is 17.2. The van der Waals surface area contributed by atoms with Gasteiger partial charge in [0.05, 0.1) is 11.6 Å². The van der Waals surface area contributed by atoms with Crippen LogP contribution in [0.25, 0.3) is 0 Å². The molecule has 3 aromatic carbocycles. The van der Waals surface area contributed by atoms with Crippen LogP contribution in [0.3, 0.4) is 0 Å². The predicted molar refractivity (Wildman–Crippen MR) is 98.5 cm³/mol. The molecular formula is C22H17NO3. The molecule has 128 valence electrons. The lowest BCUT2D eigenvalue weighted by Crippen LogP contribution is -2.09. The fourth-order valence-electron chi connectivity index (χ4n) is 2.43. The van der Waals surface area contributed by atoms with Crippen LogP contribution in [0.4, 0.5) is 0 Å². The number of benzene rings is 3. The summed E-state index contributed by atoms with van der Waals surface area (Å²) in [6.45, 7) is 0.725. The zero-order valence-corrected chi connectivity index (χ0v) is 14.1. The van der Waals surface area contributed by atoms with E-state index in [1.807, 2.05) is 18.2 Å². The second kappa shape index (κ2) is 8.50. The molecule has 0 atom stereocenters. The van der Waals surface area contributed by atoms with E-state index < -0.39 is 0 Å². The SMILES string of the molecule is N#Cc1cccc(OCCOc2ccc(C(=O)c3ccccc3)cc2)c1. The Labute approximate surface area is 152 Å². The van der Waals surface area contributed by atoms with Gasteiger partial charge in [-0.05, 0) is 42.5 Å². The van der Waals surface area contributed by atoms with E-state index in [1.54, 1.807) is 60.7 Å². The number of hydrogen-bond donors (Lipinski definition) is 0. The molecule has 0 N–H and O–H groups in total. The summed E-state index contributed by atoms with van der Waals surface area (Å²) >= 11 is 0. The van der Waals surface area contributed by atoms with Gasteiger partial charge in [0, 0.05) is 11.1 Å². The minimum absolute atomic E-state index is 0.0159. The summed E-state index contributed by atoms with van der Waals surface area (Å²) in [7, 11) is 0. The van der Waals surface area contributed by atoms with Crippen LogP contribution in [0.1, 0.15) is 21.5 Å². The molecule has 0 spiro atoms. The second-order valence-corrected chi connectivity index (χ2v) is 5.56. The molecule has 0 fully saturated rings. The van der Waals surface area contributed by atoms with Crippen molar-refractivity contribution in [1.29, 1.82) is 5.26 Å². The van der Waals surface area contributed by atoms with Crippen molar-refractivity contribution < 1.29 is 14.3 Å². The van der Waals surface area contributed by atoms with Crippen molar-refractivity contribution in [3.63, 3.8) is 0 Å². The van der Waals surface area contributed by atoms with Crippen molar-refractivity contribution >= 4 is 5.78 Å². The van der Waals surface area contributed by atoms with Gasteiger partial charge in [0.1, 0.15) is 24.7 Å². The summed E-state index contributed by atoms with van der Waals surface area (Å²) in [5.74, 6) is 1.29. The van der Waals surface area contributed by atoms with Crippen LogP contribution < -0.4 is 9.47 Å². The van der Waals surface area contributed by atoms with E-state index in [1.165, 1.54) is 0 Å². The van der Waals surface area contributed by atoms with Gasteiger partial charge in [0.2, 0.25) is 0 Å². The minimum Gasteiger partial charge on any atom is -0.490 e. The van der Waals surface area contributed by atoms with Crippen LogP contribution >= 0.6 is 0 Å². The van der Waals surface area contributed by atoms with Gasteiger partial charge in [-0.25, -0.2) is 0 Å². The zero-order valence-electron chi connectivity index (χ0n) is 14.1. The molecule has 4 nitrogen and oxygen atoms in total. The Bertz CT molecular complexity index is 912. The highest BCUT2D eigenvalue weighted by molar-refractivity contribution is 6.08. The van der Waals surface area contributed by atoms with Crippen LogP contribution in [-0.4, -0.2) is 19.0 Å². The summed E-state index contributed by atoms with van der Waals surface area (Å²) in [5.41, 5.74) is 1.84. The normalized spacial score (nSPS) is 9.96. The molecule has 26 heavy (non-hydrogen) atoms. The van der Waals surface area contributed by atoms with Crippen molar-refractivity contribution in [3.8, 4) is 17.6 Å². The molecule has 4 heteroatoms. The van der Waals surface area contributed by atoms with E-state index in [9.17, 15) is 4.79 Å². The van der Waals surface area contributed by atoms with Crippen LogP contribution in [0.5, 0.6) is 11.5 Å². The molecule has 0 unspecified atom stereocenters. The van der Waals surface area contributed by atoms with Gasteiger partial charge >= 0.3 is 0 Å². The van der Waals surface area contributed by atoms with Gasteiger partial charge in [-0.15, -0.1) is 0 Å². The standard InChI is InChI=1S/C22H17NO3/c23-16-17-5-4-8-21(15-17)26-14-13-25-20-11-9-19(10-12-20)22(24)18-6-2-1-3-7-18/h1-12,15H,13-14H2. The molecular weight excluding hydrogens is 326 g/mol. The fourth-order valence-corrected chi connectivity index (χ4v) is 2.43. The molecule has 0 aliphatic carbocycles. The van der Waals surface area contributed by atoms with E-state index in [0.717, 1.165) is 0 Å². The maximum atomic E-state index is 12.3. The van der Waals surface area contributed by atoms with Gasteiger partial charge in [-0.2, -0.15) is 5.26 Å². The van der Waals surface area contributed by atoms with Crippen molar-refractivity contribution in [3.05, 3.63) is 95.6 Å². The number of ether oxygens (including phenoxy) is 2. The van der Waals surface area contributed by atoms with Crippen LogP contribution in [0, 0.1) is 11.3 Å². The lowest BCUT2D eigenvalue weighted by molar-refractivity contribution is 0.103. The first-order valence-corrected chi connectivity index (χ1v) is 8.22. The molecule has 0 aliphatic rings. The Kier molecular flexibility index (Phi) is 5.64. The van der Waals surface area contributed by atoms with Crippen molar-refractivity contribution in [2.45, 2.75) is 0 Å². The molecule has 3 rings (SSSR count). The molecule has 0 saturated carbocycles. The highest BCUT2D eigenvalue weighted by atomic mass is 16.5. The molecule has 3 aromatic rings. The number of rotatable bonds is 7. The third-order valence-corrected chi connectivity index (χ3v) is 3.74. The summed E-state index contributed by atoms with van der Waals surface area (Å²) in [6, 6.07) is 25.3. The summed E-state index contributed by atoms with van der Waals surface area (Å²) in [5, 5.41) is 8.86. The Balaban J connectivity index is 1.50. The third-order valence-electron chi connectivity index (χ3n) is 3.74. The van der Waals surface area contributed by atoms with E-state index in [-0.39, 0.29) is 5.78 Å². The number of carbonyl (C=O) groups is 1. The van der Waals surface area contributed by atoms with Gasteiger partial charge < -0.3 is 9.47 Å². The van der Waals surface area contributed by atoms with Gasteiger partial charge in [-0.1, -0.05) is 36.4 Å². The van der Waals surface area contributed by atoms with Crippen LogP contribution in [-0.2, 0) is 0 Å². The van der Waals surface area contributed by atoms with Gasteiger partial charge in [-0.3, -0.25) is 4.79 Å². The van der Waals surface area contributed by atoms with Crippen LogP contribution in [0.15, 0.2) is 78.9 Å². The largest absolute Gasteiger partial charge is 0.490 e. The van der Waals surface area contributed by atoms with Crippen LogP contribution in [0.2, 0.25) is 0 Å². The lowest BCUT2D eigenvalue weighted by Gasteiger charge is -2.09. The average Bonchev–Trinajstić information content (AvgIpc) is 2.72. The van der Waals surface area contributed by atoms with Crippen molar-refractivity contribution in [1.82, 2.24) is 0 Å². The Morgan fingerprint density at radius 3 is 2.12 bits per heavy atom. The van der Waals surface area contributed by atoms with E-state index in [0.29, 0.717) is 41.4 Å². The quantitative estimate of drug-likeness (QED) is 0.475. The van der Waals surface area contributed by atoms with E-state index >= 15 is 0 Å². The molecule has 0 aliphatic heterocycles. The molecule has 0 amide bonds. The highest BCUT2D eigenvalue weighted by Crippen LogP contribution is 2.16. The predicted octanol–water partition coefficient (Wildman–Crippen LogP) is 4.25. The van der Waals surface area contributed by atoms with Gasteiger partial charge in [0.25, 0.3) is 0 Å². The smallest absolute Gasteiger partial charge is 0.193 e. The topological polar surface area (TPSA) is 59.3 Å². The monoisotopic (exact) mass is 343 g/mol. The van der Waals surface area contributed by atoms with Gasteiger partial charge in [0.15, 0.2) is 5.78 Å². The molecule has 0 bridgehead atoms. The summed E-state index contributed by atoms with van der Waals surface area (Å²) in [4.78, 5) is 12.3. The fraction of sp³-hybridized carbons (Fsp3) is 0.0909. The third kappa shape index (κ3) is 4.49. The molecule has 0 heterocycles. The van der Waals surface area contributed by atoms with E-state index in [4.69, 9.17) is 14.7 Å². The number of nitriles is 1. The zero-order chi connectivity index (χ0) is 18.2. The maximum absolute atomic E-state index is 12.3. The summed E-state index contributed by atoms with van der Waals surface area (Å²) < 4.78 is 11.2. The first-order chi connectivity index (χ1) is 12.8. The second-order valence-electron chi connectivity index (χ2n) is 5.56.